The van der Waals surface area contributed by atoms with Gasteiger partial charge in [0.2, 0.25) is 0 Å². The molecule has 1 heterocycles. The first kappa shape index (κ1) is 9.22. The molecule has 0 fully saturated rings. The minimum absolute atomic E-state index is 0.137. The molecule has 1 aromatic rings. The van der Waals surface area contributed by atoms with Gasteiger partial charge in [-0.3, -0.25) is 0 Å². The van der Waals surface area contributed by atoms with Crippen LogP contribution in [0.5, 0.6) is 0 Å². The minimum Gasteiger partial charge on any atom is -0.364 e. The Hall–Kier alpha value is -0.870. The van der Waals surface area contributed by atoms with Crippen LogP contribution in [0.1, 0.15) is 0 Å². The van der Waals surface area contributed by atoms with Crippen molar-refractivity contribution in [2.24, 2.45) is 0 Å². The Morgan fingerprint density at radius 2 is 2.17 bits per heavy atom. The molecule has 0 unspecified atom stereocenters. The maximum Gasteiger partial charge on any atom is 0.175 e. The van der Waals surface area contributed by atoms with E-state index in [0.29, 0.717) is 12.4 Å². The summed E-state index contributed by atoms with van der Waals surface area (Å²) in [7, 11) is 0. The van der Waals surface area contributed by atoms with Crippen LogP contribution >= 0.6 is 23.2 Å². The Kier molecular flexibility index (Phi) is 3.25. The van der Waals surface area contributed by atoms with Gasteiger partial charge >= 0.3 is 0 Å². The van der Waals surface area contributed by atoms with Crippen LogP contribution < -0.4 is 5.32 Å². The second-order valence-corrected chi connectivity index (χ2v) is 2.65. The summed E-state index contributed by atoms with van der Waals surface area (Å²) in [6, 6.07) is 0. The predicted octanol–water partition coefficient (Wildman–Crippen LogP) is 1.78. The molecule has 0 saturated carbocycles. The molecule has 0 atom stereocenters. The molecule has 4 nitrogen and oxygen atoms in total. The van der Waals surface area contributed by atoms with E-state index in [1.807, 2.05) is 0 Å². The number of halogens is 2. The van der Waals surface area contributed by atoms with E-state index in [2.05, 4.69) is 27.3 Å². The average Bonchev–Trinajstić information content (AvgIpc) is 2.08. The zero-order chi connectivity index (χ0) is 8.97. The van der Waals surface area contributed by atoms with Crippen LogP contribution in [0.2, 0.25) is 10.2 Å². The van der Waals surface area contributed by atoms with Crippen LogP contribution in [0.25, 0.3) is 0 Å². The monoisotopic (exact) mass is 204 g/mol. The molecule has 12 heavy (non-hydrogen) atoms. The normalized spacial score (nSPS) is 9.50. The number of hydrogen-bond acceptors (Lipinski definition) is 4. The fraction of sp³-hybridized carbons (Fsp3) is 0.167. The van der Waals surface area contributed by atoms with Crippen molar-refractivity contribution in [3.63, 3.8) is 0 Å². The molecule has 1 N–H and O–H groups in total. The molecular formula is C6H6Cl2N4. The van der Waals surface area contributed by atoms with E-state index in [0.717, 1.165) is 0 Å². The van der Waals surface area contributed by atoms with Gasteiger partial charge in [-0.05, 0) is 5.21 Å². The molecule has 0 spiro atoms. The molecule has 0 aliphatic carbocycles. The summed E-state index contributed by atoms with van der Waals surface area (Å²) in [6.45, 7) is 4.08. The second-order valence-electron chi connectivity index (χ2n) is 1.91. The molecule has 0 amide bonds. The van der Waals surface area contributed by atoms with Gasteiger partial charge in [-0.1, -0.05) is 29.3 Å². The molecule has 0 radical (unpaired) electrons. The van der Waals surface area contributed by atoms with Gasteiger partial charge in [0.1, 0.15) is 5.02 Å². The average molecular weight is 205 g/mol. The Morgan fingerprint density at radius 1 is 1.42 bits per heavy atom. The smallest absolute Gasteiger partial charge is 0.175 e. The zero-order valence-corrected chi connectivity index (χ0v) is 7.60. The van der Waals surface area contributed by atoms with Crippen molar-refractivity contribution < 1.29 is 0 Å². The van der Waals surface area contributed by atoms with E-state index < -0.39 is 0 Å². The summed E-state index contributed by atoms with van der Waals surface area (Å²) in [6.07, 6.45) is 1.67. The highest BCUT2D eigenvalue weighted by Gasteiger charge is 2.06. The van der Waals surface area contributed by atoms with Crippen LogP contribution in [-0.4, -0.2) is 22.0 Å². The maximum atomic E-state index is 5.74. The van der Waals surface area contributed by atoms with Gasteiger partial charge in [-0.15, -0.1) is 16.8 Å². The second kappa shape index (κ2) is 4.23. The zero-order valence-electron chi connectivity index (χ0n) is 6.09. The van der Waals surface area contributed by atoms with Gasteiger partial charge in [0.15, 0.2) is 11.0 Å². The van der Waals surface area contributed by atoms with Gasteiger partial charge in [0, 0.05) is 6.54 Å². The van der Waals surface area contributed by atoms with Crippen LogP contribution in [0, 0.1) is 0 Å². The van der Waals surface area contributed by atoms with Crippen LogP contribution in [0.3, 0.4) is 0 Å². The Balaban J connectivity index is 2.84. The fourth-order valence-corrected chi connectivity index (χ4v) is 0.839. The van der Waals surface area contributed by atoms with E-state index in [9.17, 15) is 0 Å². The van der Waals surface area contributed by atoms with Gasteiger partial charge in [0.05, 0.1) is 0 Å². The molecule has 64 valence electrons. The van der Waals surface area contributed by atoms with E-state index in [4.69, 9.17) is 23.2 Å². The van der Waals surface area contributed by atoms with E-state index in [1.54, 1.807) is 6.08 Å². The molecule has 0 aliphatic rings. The molecule has 0 bridgehead atoms. The lowest BCUT2D eigenvalue weighted by molar-refractivity contribution is 0.867. The number of nitrogens with one attached hydrogen (secondary N) is 1. The number of aromatic nitrogens is 3. The standard InChI is InChI=1S/C6H6Cl2N4/c1-2-3-9-6-4(7)5(8)10-12-11-6/h2H,1,3H2,(H,9,10,11). The third kappa shape index (κ3) is 2.06. The van der Waals surface area contributed by atoms with Gasteiger partial charge in [-0.25, -0.2) is 0 Å². The van der Waals surface area contributed by atoms with Crippen molar-refractivity contribution in [3.8, 4) is 0 Å². The first-order valence-corrected chi connectivity index (χ1v) is 3.90. The number of nitrogens with zero attached hydrogens (tertiary/aromatic N) is 3. The van der Waals surface area contributed by atoms with Crippen molar-refractivity contribution >= 4 is 29.0 Å². The van der Waals surface area contributed by atoms with Crippen molar-refractivity contribution in [1.29, 1.82) is 0 Å². The van der Waals surface area contributed by atoms with E-state index in [-0.39, 0.29) is 10.2 Å². The van der Waals surface area contributed by atoms with Crippen LogP contribution in [-0.2, 0) is 0 Å². The fourth-order valence-electron chi connectivity index (χ4n) is 0.574. The number of hydrogen-bond donors (Lipinski definition) is 1. The lowest BCUT2D eigenvalue weighted by Crippen LogP contribution is -2.03. The Morgan fingerprint density at radius 3 is 2.83 bits per heavy atom. The highest BCUT2D eigenvalue weighted by Crippen LogP contribution is 2.24. The maximum absolute atomic E-state index is 5.74. The summed E-state index contributed by atoms with van der Waals surface area (Å²) in [5, 5.41) is 13.7. The molecule has 0 saturated heterocycles. The molecular weight excluding hydrogens is 199 g/mol. The van der Waals surface area contributed by atoms with Crippen molar-refractivity contribution in [2.45, 2.75) is 0 Å². The van der Waals surface area contributed by atoms with E-state index >= 15 is 0 Å². The Labute approximate surface area is 79.6 Å². The lowest BCUT2D eigenvalue weighted by Gasteiger charge is -2.02. The van der Waals surface area contributed by atoms with Gasteiger partial charge in [-0.2, -0.15) is 0 Å². The first-order chi connectivity index (χ1) is 5.75. The van der Waals surface area contributed by atoms with Crippen LogP contribution in [0.4, 0.5) is 5.82 Å². The molecule has 0 aromatic carbocycles. The summed E-state index contributed by atoms with van der Waals surface area (Å²) in [5.74, 6) is 0.413. The van der Waals surface area contributed by atoms with Gasteiger partial charge < -0.3 is 5.32 Å². The summed E-state index contributed by atoms with van der Waals surface area (Å²) >= 11 is 11.3. The van der Waals surface area contributed by atoms with Crippen molar-refractivity contribution in [3.05, 3.63) is 22.8 Å². The summed E-state index contributed by atoms with van der Waals surface area (Å²) < 4.78 is 0. The van der Waals surface area contributed by atoms with Crippen LogP contribution in [0.15, 0.2) is 12.7 Å². The molecule has 1 rings (SSSR count). The largest absolute Gasteiger partial charge is 0.364 e. The predicted molar refractivity (Wildman–Crippen MR) is 48.5 cm³/mol. The minimum atomic E-state index is 0.137. The lowest BCUT2D eigenvalue weighted by atomic mass is 10.5. The van der Waals surface area contributed by atoms with Crippen molar-refractivity contribution in [2.75, 3.05) is 11.9 Å². The summed E-state index contributed by atoms with van der Waals surface area (Å²) in [5.41, 5.74) is 0. The quantitative estimate of drug-likeness (QED) is 0.764. The molecule has 6 heteroatoms. The van der Waals surface area contributed by atoms with Gasteiger partial charge in [0.25, 0.3) is 0 Å². The third-order valence-corrected chi connectivity index (χ3v) is 1.80. The van der Waals surface area contributed by atoms with E-state index in [1.165, 1.54) is 0 Å². The third-order valence-electron chi connectivity index (χ3n) is 1.08. The Bertz CT molecular complexity index is 289. The molecule has 0 aliphatic heterocycles. The molecule has 1 aromatic heterocycles. The number of rotatable bonds is 3. The SMILES string of the molecule is C=CCNc1nnnc(Cl)c1Cl. The first-order valence-electron chi connectivity index (χ1n) is 3.15. The highest BCUT2D eigenvalue weighted by molar-refractivity contribution is 6.42. The number of anilines is 1. The summed E-state index contributed by atoms with van der Waals surface area (Å²) in [4.78, 5) is 0. The highest BCUT2D eigenvalue weighted by atomic mass is 35.5. The topological polar surface area (TPSA) is 50.7 Å². The van der Waals surface area contributed by atoms with Crippen molar-refractivity contribution in [1.82, 2.24) is 15.4 Å².